The van der Waals surface area contributed by atoms with Crippen molar-refractivity contribution < 1.29 is 18.8 Å². The molecule has 0 spiro atoms. The van der Waals surface area contributed by atoms with Crippen LogP contribution in [0.3, 0.4) is 0 Å². The van der Waals surface area contributed by atoms with Gasteiger partial charge in [-0.3, -0.25) is 19.8 Å². The van der Waals surface area contributed by atoms with Crippen molar-refractivity contribution in [2.75, 3.05) is 4.90 Å². The van der Waals surface area contributed by atoms with Crippen molar-refractivity contribution in [3.63, 3.8) is 0 Å². The van der Waals surface area contributed by atoms with Crippen LogP contribution in [-0.4, -0.2) is 29.4 Å². The van der Waals surface area contributed by atoms with Crippen LogP contribution < -0.4 is 10.3 Å². The number of hydrazone groups is 1. The van der Waals surface area contributed by atoms with Gasteiger partial charge in [-0.1, -0.05) is 17.7 Å². The summed E-state index contributed by atoms with van der Waals surface area (Å²) >= 11 is 0. The summed E-state index contributed by atoms with van der Waals surface area (Å²) in [4.78, 5) is 38.9. The Hall–Kier alpha value is -3.22. The first kappa shape index (κ1) is 14.4. The number of carbonyl (C=O) groups is 3. The number of nitrogens with one attached hydrogen (secondary N) is 1. The van der Waals surface area contributed by atoms with Gasteiger partial charge in [-0.15, -0.1) is 0 Å². The maximum absolute atomic E-state index is 12.8. The Morgan fingerprint density at radius 3 is 2.58 bits per heavy atom. The largest absolute Gasteiger partial charge is 0.461 e. The van der Waals surface area contributed by atoms with Gasteiger partial charge in [0.25, 0.3) is 5.91 Å². The Kier molecular flexibility index (Phi) is 3.09. The number of furan rings is 1. The summed E-state index contributed by atoms with van der Waals surface area (Å²) in [5.41, 5.74) is 4.12. The Morgan fingerprint density at radius 1 is 1.17 bits per heavy atom. The lowest BCUT2D eigenvalue weighted by atomic mass is 9.95. The first-order chi connectivity index (χ1) is 11.6. The fraction of sp³-hybridized carbons (Fsp3) is 0.176. The van der Waals surface area contributed by atoms with Crippen molar-refractivity contribution in [1.82, 2.24) is 5.43 Å². The highest BCUT2D eigenvalue weighted by Gasteiger charge is 2.55. The first-order valence-corrected chi connectivity index (χ1v) is 7.43. The van der Waals surface area contributed by atoms with Gasteiger partial charge < -0.3 is 4.42 Å². The molecule has 0 unspecified atom stereocenters. The number of ketones is 1. The van der Waals surface area contributed by atoms with E-state index < -0.39 is 29.6 Å². The average Bonchev–Trinajstić information content (AvgIpc) is 3.29. The molecule has 1 aromatic carbocycles. The molecule has 4 rings (SSSR count). The van der Waals surface area contributed by atoms with Gasteiger partial charge in [-0.2, -0.15) is 5.10 Å². The SMILES string of the molecule is Cc1ccc(N2C(=O)[C@H]3C(C(=O)c4ccco4)=NN[C@H]3C2=O)cc1. The maximum atomic E-state index is 12.8. The second-order valence-electron chi connectivity index (χ2n) is 5.74. The molecule has 0 bridgehead atoms. The molecular formula is C17H13N3O4. The number of anilines is 1. The quantitative estimate of drug-likeness (QED) is 0.679. The Labute approximate surface area is 136 Å². The Morgan fingerprint density at radius 2 is 1.92 bits per heavy atom. The normalized spacial score (nSPS) is 22.4. The van der Waals surface area contributed by atoms with Crippen molar-refractivity contribution >= 4 is 29.0 Å². The lowest BCUT2D eigenvalue weighted by Crippen LogP contribution is -2.36. The molecule has 2 atom stereocenters. The number of nitrogens with zero attached hydrogens (tertiary/aromatic N) is 2. The lowest BCUT2D eigenvalue weighted by Gasteiger charge is -2.15. The molecular weight excluding hydrogens is 310 g/mol. The molecule has 1 N–H and O–H groups in total. The van der Waals surface area contributed by atoms with Gasteiger partial charge >= 0.3 is 0 Å². The van der Waals surface area contributed by atoms with E-state index in [2.05, 4.69) is 10.5 Å². The summed E-state index contributed by atoms with van der Waals surface area (Å²) in [6.45, 7) is 1.92. The zero-order valence-corrected chi connectivity index (χ0v) is 12.7. The van der Waals surface area contributed by atoms with Crippen LogP contribution in [0.15, 0.2) is 52.2 Å². The van der Waals surface area contributed by atoms with Gasteiger partial charge in [0.1, 0.15) is 17.7 Å². The Bertz CT molecular complexity index is 868. The molecule has 120 valence electrons. The number of hydrogen-bond acceptors (Lipinski definition) is 6. The highest BCUT2D eigenvalue weighted by atomic mass is 16.3. The summed E-state index contributed by atoms with van der Waals surface area (Å²) < 4.78 is 5.07. The number of fused-ring (bicyclic) bond motifs is 1. The zero-order valence-electron chi connectivity index (χ0n) is 12.7. The van der Waals surface area contributed by atoms with E-state index in [0.29, 0.717) is 5.69 Å². The summed E-state index contributed by atoms with van der Waals surface area (Å²) in [6.07, 6.45) is 1.37. The van der Waals surface area contributed by atoms with Crippen LogP contribution in [0, 0.1) is 12.8 Å². The van der Waals surface area contributed by atoms with E-state index in [1.807, 2.05) is 19.1 Å². The molecule has 1 saturated heterocycles. The molecule has 2 aromatic rings. The summed E-state index contributed by atoms with van der Waals surface area (Å²) in [7, 11) is 0. The van der Waals surface area contributed by atoms with E-state index in [1.165, 1.54) is 12.3 Å². The van der Waals surface area contributed by atoms with Gasteiger partial charge in [0, 0.05) is 0 Å². The molecule has 1 aromatic heterocycles. The molecule has 2 amide bonds. The molecule has 2 aliphatic heterocycles. The first-order valence-electron chi connectivity index (χ1n) is 7.43. The van der Waals surface area contributed by atoms with Crippen molar-refractivity contribution in [2.45, 2.75) is 13.0 Å². The third kappa shape index (κ3) is 1.98. The van der Waals surface area contributed by atoms with Crippen LogP contribution >= 0.6 is 0 Å². The third-order valence-electron chi connectivity index (χ3n) is 4.19. The van der Waals surface area contributed by atoms with E-state index in [4.69, 9.17) is 4.42 Å². The van der Waals surface area contributed by atoms with Crippen molar-refractivity contribution in [2.24, 2.45) is 11.0 Å². The summed E-state index contributed by atoms with van der Waals surface area (Å²) in [5, 5.41) is 3.91. The third-order valence-corrected chi connectivity index (χ3v) is 4.19. The minimum atomic E-state index is -0.934. The maximum Gasteiger partial charge on any atom is 0.259 e. The molecule has 24 heavy (non-hydrogen) atoms. The van der Waals surface area contributed by atoms with Crippen LogP contribution in [0.2, 0.25) is 0 Å². The van der Waals surface area contributed by atoms with Crippen LogP contribution in [0.1, 0.15) is 16.1 Å². The number of imide groups is 1. The molecule has 1 fully saturated rings. The minimum absolute atomic E-state index is 0.00270. The number of rotatable bonds is 3. The smallest absolute Gasteiger partial charge is 0.259 e. The predicted molar refractivity (Wildman–Crippen MR) is 84.6 cm³/mol. The van der Waals surface area contributed by atoms with Crippen LogP contribution in [0.25, 0.3) is 0 Å². The van der Waals surface area contributed by atoms with Gasteiger partial charge in [0.05, 0.1) is 12.0 Å². The number of hydrogen-bond donors (Lipinski definition) is 1. The van der Waals surface area contributed by atoms with Crippen molar-refractivity contribution in [3.8, 4) is 0 Å². The standard InChI is InChI=1S/C17H13N3O4/c1-9-4-6-10(7-5-9)20-16(22)12-13(18-19-14(12)17(20)23)15(21)11-3-2-8-24-11/h2-8,12,14,19H,1H3/t12-,14+/m0/s1. The summed E-state index contributed by atoms with van der Waals surface area (Å²) in [6, 6.07) is 9.27. The van der Waals surface area contributed by atoms with Gasteiger partial charge in [-0.25, -0.2) is 4.90 Å². The van der Waals surface area contributed by atoms with Crippen LogP contribution in [-0.2, 0) is 9.59 Å². The molecule has 0 radical (unpaired) electrons. The monoisotopic (exact) mass is 323 g/mol. The van der Waals surface area contributed by atoms with E-state index in [9.17, 15) is 14.4 Å². The van der Waals surface area contributed by atoms with E-state index in [1.54, 1.807) is 18.2 Å². The summed E-state index contributed by atoms with van der Waals surface area (Å²) in [5.74, 6) is -2.22. The number of aryl methyl sites for hydroxylation is 1. The Balaban J connectivity index is 1.67. The van der Waals surface area contributed by atoms with Gasteiger partial charge in [-0.05, 0) is 31.2 Å². The second kappa shape index (κ2) is 5.16. The molecule has 2 aliphatic rings. The van der Waals surface area contributed by atoms with Gasteiger partial charge in [0.2, 0.25) is 11.7 Å². The van der Waals surface area contributed by atoms with Crippen LogP contribution in [0.4, 0.5) is 5.69 Å². The molecule has 3 heterocycles. The topological polar surface area (TPSA) is 92.0 Å². The lowest BCUT2D eigenvalue weighted by molar-refractivity contribution is -0.122. The fourth-order valence-electron chi connectivity index (χ4n) is 2.96. The highest BCUT2D eigenvalue weighted by molar-refractivity contribution is 6.52. The number of carbonyl (C=O) groups excluding carboxylic acids is 3. The van der Waals surface area contributed by atoms with E-state index >= 15 is 0 Å². The predicted octanol–water partition coefficient (Wildman–Crippen LogP) is 1.29. The number of amides is 2. The molecule has 7 heteroatoms. The minimum Gasteiger partial charge on any atom is -0.461 e. The molecule has 0 aliphatic carbocycles. The zero-order chi connectivity index (χ0) is 16.8. The molecule has 0 saturated carbocycles. The average molecular weight is 323 g/mol. The van der Waals surface area contributed by atoms with Crippen LogP contribution in [0.5, 0.6) is 0 Å². The van der Waals surface area contributed by atoms with Gasteiger partial charge in [0.15, 0.2) is 5.76 Å². The van der Waals surface area contributed by atoms with Crippen molar-refractivity contribution in [3.05, 3.63) is 54.0 Å². The highest BCUT2D eigenvalue weighted by Crippen LogP contribution is 2.31. The molecule has 7 nitrogen and oxygen atoms in total. The fourth-order valence-corrected chi connectivity index (χ4v) is 2.96. The second-order valence-corrected chi connectivity index (χ2v) is 5.74. The van der Waals surface area contributed by atoms with Crippen molar-refractivity contribution in [1.29, 1.82) is 0 Å². The number of Topliss-reactive ketones (excluding diaryl/α,β-unsaturated/α-hetero) is 1. The van der Waals surface area contributed by atoms with E-state index in [0.717, 1.165) is 10.5 Å². The van der Waals surface area contributed by atoms with E-state index in [-0.39, 0.29) is 11.5 Å². The number of benzene rings is 1.